The minimum Gasteiger partial charge on any atom is -0.493 e. The quantitative estimate of drug-likeness (QED) is 0.576. The van der Waals surface area contributed by atoms with Gasteiger partial charge in [0.15, 0.2) is 18.3 Å². The van der Waals surface area contributed by atoms with Crippen molar-refractivity contribution in [1.82, 2.24) is 10.3 Å². The fourth-order valence-corrected chi connectivity index (χ4v) is 4.62. The third-order valence-electron chi connectivity index (χ3n) is 6.23. The lowest BCUT2D eigenvalue weighted by Gasteiger charge is -2.29. The van der Waals surface area contributed by atoms with E-state index in [1.165, 1.54) is 11.8 Å². The highest BCUT2D eigenvalue weighted by molar-refractivity contribution is 6.30. The Kier molecular flexibility index (Phi) is 6.21. The van der Waals surface area contributed by atoms with Crippen LogP contribution in [0.5, 0.6) is 11.5 Å². The largest absolute Gasteiger partial charge is 0.493 e. The van der Waals surface area contributed by atoms with Gasteiger partial charge >= 0.3 is 0 Å². The van der Waals surface area contributed by atoms with Gasteiger partial charge < -0.3 is 19.7 Å². The average Bonchev–Trinajstić information content (AvgIpc) is 3.31. The number of carbonyl (C=O) groups excluding carboxylic acids is 2. The molecule has 35 heavy (non-hydrogen) atoms. The number of aromatic nitrogens is 1. The number of rotatable bonds is 5. The van der Waals surface area contributed by atoms with Gasteiger partial charge in [0.1, 0.15) is 5.75 Å². The maximum Gasteiger partial charge on any atom is 0.264 e. The number of ether oxygens (including phenoxy) is 2. The molecular weight excluding hydrogens is 468 g/mol. The number of amides is 2. The summed E-state index contributed by atoms with van der Waals surface area (Å²) in [6, 6.07) is 14.9. The van der Waals surface area contributed by atoms with Crippen LogP contribution in [0.2, 0.25) is 5.02 Å². The number of benzene rings is 2. The number of hydrogen-bond donors (Lipinski definition) is 1. The van der Waals surface area contributed by atoms with Crippen molar-refractivity contribution in [2.24, 2.45) is 0 Å². The van der Waals surface area contributed by atoms with Crippen LogP contribution in [0.25, 0.3) is 11.1 Å². The minimum atomic E-state index is -0.169. The maximum atomic E-state index is 13.3. The van der Waals surface area contributed by atoms with Gasteiger partial charge in [-0.05, 0) is 41.8 Å². The van der Waals surface area contributed by atoms with Gasteiger partial charge in [0, 0.05) is 37.1 Å². The number of halogens is 1. The highest BCUT2D eigenvalue weighted by Crippen LogP contribution is 2.36. The monoisotopic (exact) mass is 492 g/mol. The molecule has 2 aliphatic heterocycles. The molecule has 2 aliphatic rings. The Labute approximate surface area is 208 Å². The Morgan fingerprint density at radius 1 is 1.17 bits per heavy atom. The van der Waals surface area contributed by atoms with E-state index in [-0.39, 0.29) is 24.6 Å². The van der Waals surface area contributed by atoms with Crippen LogP contribution in [-0.4, -0.2) is 49.8 Å². The zero-order valence-electron chi connectivity index (χ0n) is 19.5. The molecule has 1 N–H and O–H groups in total. The Morgan fingerprint density at radius 3 is 2.69 bits per heavy atom. The summed E-state index contributed by atoms with van der Waals surface area (Å²) >= 11 is 5.99. The molecule has 3 aromatic rings. The summed E-state index contributed by atoms with van der Waals surface area (Å²) in [6.45, 7) is 2.99. The Balaban J connectivity index is 1.36. The fourth-order valence-electron chi connectivity index (χ4n) is 4.49. The van der Waals surface area contributed by atoms with Crippen molar-refractivity contribution in [3.05, 3.63) is 65.3 Å². The normalized spacial score (nSPS) is 17.1. The molecule has 1 aromatic heterocycles. The number of hydrogen-bond acceptors (Lipinski definition) is 6. The van der Waals surface area contributed by atoms with Crippen LogP contribution in [0.1, 0.15) is 23.7 Å². The van der Waals surface area contributed by atoms with E-state index in [9.17, 15) is 9.59 Å². The maximum absolute atomic E-state index is 13.3. The second-order valence-electron chi connectivity index (χ2n) is 8.58. The molecule has 2 aromatic carbocycles. The molecule has 1 atom stereocenters. The summed E-state index contributed by atoms with van der Waals surface area (Å²) in [5, 5.41) is 3.62. The molecule has 1 unspecified atom stereocenters. The molecule has 9 heteroatoms. The van der Waals surface area contributed by atoms with Crippen molar-refractivity contribution >= 4 is 34.9 Å². The van der Waals surface area contributed by atoms with E-state index in [0.717, 1.165) is 24.1 Å². The van der Waals surface area contributed by atoms with Gasteiger partial charge in [-0.2, -0.15) is 0 Å². The second-order valence-corrected chi connectivity index (χ2v) is 9.01. The first-order valence-electron chi connectivity index (χ1n) is 11.3. The highest BCUT2D eigenvalue weighted by Gasteiger charge is 2.30. The summed E-state index contributed by atoms with van der Waals surface area (Å²) in [7, 11) is 1.58. The molecule has 0 radical (unpaired) electrons. The number of pyridine rings is 1. The van der Waals surface area contributed by atoms with Gasteiger partial charge in [0.2, 0.25) is 5.91 Å². The Bertz CT molecular complexity index is 1280. The van der Waals surface area contributed by atoms with Gasteiger partial charge in [-0.25, -0.2) is 4.98 Å². The zero-order chi connectivity index (χ0) is 24.5. The number of nitrogens with zero attached hydrogens (tertiary/aromatic N) is 3. The molecular formula is C26H25ClN4O4. The molecule has 2 amide bonds. The molecule has 0 saturated carbocycles. The number of anilines is 2. The number of carbonyl (C=O) groups is 2. The van der Waals surface area contributed by atoms with Crippen molar-refractivity contribution in [2.75, 3.05) is 36.7 Å². The van der Waals surface area contributed by atoms with Gasteiger partial charge in [0.25, 0.3) is 5.91 Å². The zero-order valence-corrected chi connectivity index (χ0v) is 20.2. The van der Waals surface area contributed by atoms with Crippen molar-refractivity contribution in [1.29, 1.82) is 0 Å². The van der Waals surface area contributed by atoms with E-state index >= 15 is 0 Å². The van der Waals surface area contributed by atoms with Crippen molar-refractivity contribution < 1.29 is 19.1 Å². The van der Waals surface area contributed by atoms with E-state index in [4.69, 9.17) is 21.1 Å². The molecule has 5 rings (SSSR count). The number of nitrogens with one attached hydrogen (secondary N) is 1. The molecule has 1 saturated heterocycles. The van der Waals surface area contributed by atoms with Crippen molar-refractivity contribution in [2.45, 2.75) is 19.4 Å². The van der Waals surface area contributed by atoms with Crippen LogP contribution < -0.4 is 24.6 Å². The van der Waals surface area contributed by atoms with E-state index in [1.807, 2.05) is 36.4 Å². The lowest BCUT2D eigenvalue weighted by molar-refractivity contribution is -0.119. The van der Waals surface area contributed by atoms with Crippen LogP contribution in [0.3, 0.4) is 0 Å². The first-order valence-corrected chi connectivity index (χ1v) is 11.7. The smallest absolute Gasteiger partial charge is 0.264 e. The van der Waals surface area contributed by atoms with Crippen LogP contribution >= 0.6 is 11.6 Å². The first-order chi connectivity index (χ1) is 16.9. The highest BCUT2D eigenvalue weighted by atomic mass is 35.5. The first kappa shape index (κ1) is 23.0. The summed E-state index contributed by atoms with van der Waals surface area (Å²) in [4.78, 5) is 32.9. The lowest BCUT2D eigenvalue weighted by Crippen LogP contribution is -2.39. The number of fused-ring (bicyclic) bond motifs is 1. The SMILES string of the molecule is COc1cc(N2COc3cc(-c4ccc(Cl)cc4)ccc3C2=O)cnc1N1CCC(NC(C)=O)C1. The number of methoxy groups -OCH3 is 1. The molecule has 0 bridgehead atoms. The summed E-state index contributed by atoms with van der Waals surface area (Å²) in [6.07, 6.45) is 2.48. The molecule has 8 nitrogen and oxygen atoms in total. The lowest BCUT2D eigenvalue weighted by atomic mass is 10.0. The summed E-state index contributed by atoms with van der Waals surface area (Å²) in [5.74, 6) is 1.56. The van der Waals surface area contributed by atoms with Crippen LogP contribution in [-0.2, 0) is 4.79 Å². The molecule has 1 fully saturated rings. The van der Waals surface area contributed by atoms with Crippen LogP contribution in [0.15, 0.2) is 54.7 Å². The van der Waals surface area contributed by atoms with E-state index < -0.39 is 0 Å². The molecule has 3 heterocycles. The van der Waals surface area contributed by atoms with Gasteiger partial charge in [-0.3, -0.25) is 14.5 Å². The third-order valence-corrected chi connectivity index (χ3v) is 6.48. The van der Waals surface area contributed by atoms with Crippen molar-refractivity contribution in [3.8, 4) is 22.6 Å². The predicted molar refractivity (Wildman–Crippen MR) is 134 cm³/mol. The van der Waals surface area contributed by atoms with Crippen molar-refractivity contribution in [3.63, 3.8) is 0 Å². The van der Waals surface area contributed by atoms with Gasteiger partial charge in [0.05, 0.1) is 24.6 Å². The third kappa shape index (κ3) is 4.61. The van der Waals surface area contributed by atoms with E-state index in [2.05, 4.69) is 15.2 Å². The van der Waals surface area contributed by atoms with Crippen LogP contribution in [0, 0.1) is 0 Å². The molecule has 0 spiro atoms. The van der Waals surface area contributed by atoms with Gasteiger partial charge in [-0.1, -0.05) is 29.8 Å². The fraction of sp³-hybridized carbons (Fsp3) is 0.269. The molecule has 0 aliphatic carbocycles. The van der Waals surface area contributed by atoms with E-state index in [1.54, 1.807) is 25.4 Å². The summed E-state index contributed by atoms with van der Waals surface area (Å²) in [5.41, 5.74) is 3.00. The second kappa shape index (κ2) is 9.46. The van der Waals surface area contributed by atoms with E-state index in [0.29, 0.717) is 40.1 Å². The predicted octanol–water partition coefficient (Wildman–Crippen LogP) is 4.12. The standard InChI is InChI=1S/C26H25ClN4O4/c1-16(32)29-20-9-10-30(14-20)25-24(34-2)12-21(13-28-25)31-15-35-23-11-18(5-8-22(23)26(31)33)17-3-6-19(27)7-4-17/h3-8,11-13,20H,9-10,14-15H2,1-2H3,(H,29,32). The average molecular weight is 493 g/mol. The molecule has 180 valence electrons. The van der Waals surface area contributed by atoms with Gasteiger partial charge in [-0.15, -0.1) is 0 Å². The summed E-state index contributed by atoms with van der Waals surface area (Å²) < 4.78 is 11.6. The van der Waals surface area contributed by atoms with Crippen LogP contribution in [0.4, 0.5) is 11.5 Å². The minimum absolute atomic E-state index is 0.0451. The topological polar surface area (TPSA) is 84.0 Å². The Hall–Kier alpha value is -3.78. The Morgan fingerprint density at radius 2 is 1.94 bits per heavy atom.